The average molecular weight is 1400 g/mol. The van der Waals surface area contributed by atoms with Crippen LogP contribution < -0.4 is 76.1 Å². The van der Waals surface area contributed by atoms with Gasteiger partial charge in [-0.25, -0.2) is 4.79 Å². The summed E-state index contributed by atoms with van der Waals surface area (Å²) in [6.07, 6.45) is 3.07. The van der Waals surface area contributed by atoms with Gasteiger partial charge in [0, 0.05) is 32.7 Å². The van der Waals surface area contributed by atoms with E-state index in [9.17, 15) is 72.5 Å². The Balaban J connectivity index is 0.00000809. The first-order valence-corrected chi connectivity index (χ1v) is 33.4. The van der Waals surface area contributed by atoms with Crippen molar-refractivity contribution < 1.29 is 87.5 Å². The van der Waals surface area contributed by atoms with Crippen LogP contribution in [0.3, 0.4) is 0 Å². The smallest absolute Gasteiger partial charge is 0.326 e. The fraction of sp³-hybridized carbons (Fsp3) is 0.606. The van der Waals surface area contributed by atoms with Crippen LogP contribution in [0, 0.1) is 5.92 Å². The molecule has 0 saturated carbocycles. The lowest BCUT2D eigenvalue weighted by molar-refractivity contribution is -0.142. The summed E-state index contributed by atoms with van der Waals surface area (Å²) in [7, 11) is 0. The Morgan fingerprint density at radius 1 is 0.485 bits per heavy atom. The van der Waals surface area contributed by atoms with Crippen molar-refractivity contribution in [3.63, 3.8) is 0 Å². The van der Waals surface area contributed by atoms with E-state index in [1.165, 1.54) is 56.9 Å². The van der Waals surface area contributed by atoms with Gasteiger partial charge in [-0.15, -0.1) is 0 Å². The first-order chi connectivity index (χ1) is 46.8. The van der Waals surface area contributed by atoms with Crippen LogP contribution in [0.1, 0.15) is 149 Å². The van der Waals surface area contributed by atoms with E-state index < -0.39 is 161 Å². The first kappa shape index (κ1) is 85.7. The van der Waals surface area contributed by atoms with Gasteiger partial charge in [0.05, 0.1) is 6.04 Å². The van der Waals surface area contributed by atoms with Gasteiger partial charge in [0.15, 0.2) is 0 Å². The van der Waals surface area contributed by atoms with Crippen LogP contribution in [0.5, 0.6) is 5.75 Å². The van der Waals surface area contributed by atoms with Crippen LogP contribution in [-0.4, -0.2) is 207 Å². The number of hydrogen-bond donors (Lipinski definition) is 18. The van der Waals surface area contributed by atoms with Gasteiger partial charge in [-0.3, -0.25) is 62.3 Å². The highest BCUT2D eigenvalue weighted by molar-refractivity contribution is 5.99. The van der Waals surface area contributed by atoms with Gasteiger partial charge in [-0.2, -0.15) is 0 Å². The monoisotopic (exact) mass is 1400 g/mol. The fourth-order valence-electron chi connectivity index (χ4n) is 10.3. The molecule has 33 nitrogen and oxygen atoms in total. The topological polar surface area (TPSA) is 548 Å². The summed E-state index contributed by atoms with van der Waals surface area (Å²) in [5.41, 5.74) is 23.9. The van der Waals surface area contributed by atoms with E-state index in [4.69, 9.17) is 37.9 Å². The van der Waals surface area contributed by atoms with Crippen molar-refractivity contribution >= 4 is 82.9 Å². The number of rotatable bonds is 43. The van der Waals surface area contributed by atoms with Crippen LogP contribution >= 0.6 is 0 Å². The van der Waals surface area contributed by atoms with Crippen molar-refractivity contribution in [3.05, 3.63) is 65.7 Å². The quantitative estimate of drug-likeness (QED) is 0.0316. The molecule has 1 fully saturated rings. The number of benzene rings is 2. The molecule has 2 aromatic carbocycles. The zero-order valence-corrected chi connectivity index (χ0v) is 57.6. The Bertz CT molecular complexity index is 3000. The minimum atomic E-state index is -1.40. The number of amides is 11. The molecule has 0 aliphatic carbocycles. The molecule has 22 N–H and O–H groups in total. The number of carboxylic acid groups (broad SMARTS) is 3. The lowest BCUT2D eigenvalue weighted by Crippen LogP contribution is -2.60. The maximum Gasteiger partial charge on any atom is 0.326 e. The first-order valence-electron chi connectivity index (χ1n) is 33.4. The molecule has 0 spiro atoms. The van der Waals surface area contributed by atoms with Gasteiger partial charge < -0.3 is 101 Å². The van der Waals surface area contributed by atoms with Crippen LogP contribution in [-0.2, 0) is 80.0 Å². The predicted octanol–water partition coefficient (Wildman–Crippen LogP) is -2.10. The molecule has 552 valence electrons. The molecule has 0 bridgehead atoms. The van der Waals surface area contributed by atoms with Gasteiger partial charge in [0.25, 0.3) is 5.97 Å². The third-order valence-corrected chi connectivity index (χ3v) is 16.3. The summed E-state index contributed by atoms with van der Waals surface area (Å²) in [4.78, 5) is 186. The molecular weight excluding hydrogens is 1290 g/mol. The van der Waals surface area contributed by atoms with Crippen molar-refractivity contribution in [2.24, 2.45) is 28.9 Å². The lowest BCUT2D eigenvalue weighted by atomic mass is 9.96. The summed E-state index contributed by atoms with van der Waals surface area (Å²) in [5, 5.41) is 62.3. The number of nitrogens with one attached hydrogen (secondary N) is 10. The molecule has 99 heavy (non-hydrogen) atoms. The molecule has 0 radical (unpaired) electrons. The summed E-state index contributed by atoms with van der Waals surface area (Å²) in [6, 6.07) is -0.788. The molecule has 13 unspecified atom stereocenters. The van der Waals surface area contributed by atoms with Crippen molar-refractivity contribution in [1.29, 1.82) is 0 Å². The second-order valence-corrected chi connectivity index (χ2v) is 24.6. The van der Waals surface area contributed by atoms with E-state index in [1.54, 1.807) is 44.2 Å². The molecule has 0 aromatic heterocycles. The number of phenols is 1. The Labute approximate surface area is 576 Å². The highest BCUT2D eigenvalue weighted by Crippen LogP contribution is 2.20. The molecule has 11 amide bonds. The number of carbonyl (C=O) groups excluding carboxylic acids is 11. The molecule has 1 aliphatic heterocycles. The summed E-state index contributed by atoms with van der Waals surface area (Å²) in [5.74, 6) is -12.4. The minimum absolute atomic E-state index is 0.0680. The molecule has 1 heterocycles. The number of aliphatic carboxylic acids is 3. The Morgan fingerprint density at radius 2 is 0.889 bits per heavy atom. The molecule has 1 saturated heterocycles. The number of hydrogen-bond acceptors (Lipinski definition) is 19. The van der Waals surface area contributed by atoms with E-state index >= 15 is 0 Å². The third kappa shape index (κ3) is 31.8. The normalized spacial score (nSPS) is 16.1. The van der Waals surface area contributed by atoms with Gasteiger partial charge in [0.1, 0.15) is 72.2 Å². The summed E-state index contributed by atoms with van der Waals surface area (Å²) < 4.78 is 0. The Kier molecular flexibility index (Phi) is 39.2. The van der Waals surface area contributed by atoms with Crippen molar-refractivity contribution in [2.75, 3.05) is 26.2 Å². The zero-order chi connectivity index (χ0) is 74.5. The Morgan fingerprint density at radius 3 is 1.36 bits per heavy atom. The van der Waals surface area contributed by atoms with Crippen LogP contribution in [0.15, 0.2) is 54.6 Å². The van der Waals surface area contributed by atoms with Gasteiger partial charge in [-0.1, -0.05) is 62.7 Å². The fourth-order valence-corrected chi connectivity index (χ4v) is 10.3. The molecule has 2 aromatic rings. The molecule has 33 heteroatoms. The molecule has 1 aliphatic rings. The number of phenolic OH excluding ortho intramolecular Hbond substituents is 1. The van der Waals surface area contributed by atoms with Crippen molar-refractivity contribution in [1.82, 2.24) is 58.1 Å². The standard InChI is InChI=1S/C64H101N15O16.C2H4O2/c1-7-36(2)52(78-55(85)39(5)69-56(86)44(68)28-29-51(81)82)62(92)77-49(35-42-24-26-43(80)27-25-42)60(90)70-37(3)53(83)72-40(6)63(93)79-33-17-23-50(79)61(91)76-48(34-41-18-9-8-10-19-41)59(89)71-38(4)54(84)73-45(20-11-14-30-65)57(87)74-46(21-12-15-31-66)58(88)75-47(64(94)95)22-13-16-32-67;1-2(3)4/h8-10,18-19,24-27,36-40,44-50,52,80H,7,11-17,20-23,28-35,65-68H2,1-6H3,(H,69,86)(H,70,90)(H,71,89)(H,72,83)(H,73,84)(H,74,87)(H,75,88)(H,76,91)(H,77,92)(H,78,85)(H,81,82)(H,94,95);1H3,(H,3,4). The van der Waals surface area contributed by atoms with E-state index in [0.717, 1.165) is 6.92 Å². The number of nitrogens with zero attached hydrogens (tertiary/aromatic N) is 1. The number of carboxylic acids is 3. The van der Waals surface area contributed by atoms with E-state index in [1.807, 2.05) is 0 Å². The Hall–Kier alpha value is -9.34. The highest BCUT2D eigenvalue weighted by atomic mass is 16.4. The highest BCUT2D eigenvalue weighted by Gasteiger charge is 2.40. The number of aromatic hydroxyl groups is 1. The second kappa shape index (κ2) is 45.3. The zero-order valence-electron chi connectivity index (χ0n) is 57.6. The van der Waals surface area contributed by atoms with Gasteiger partial charge in [0.2, 0.25) is 65.0 Å². The summed E-state index contributed by atoms with van der Waals surface area (Å²) >= 11 is 0. The van der Waals surface area contributed by atoms with Crippen LogP contribution in [0.4, 0.5) is 0 Å². The maximum atomic E-state index is 14.3. The molecular formula is C66H105N15O18. The van der Waals surface area contributed by atoms with Crippen molar-refractivity contribution in [2.45, 2.75) is 224 Å². The van der Waals surface area contributed by atoms with E-state index in [-0.39, 0.29) is 70.2 Å². The van der Waals surface area contributed by atoms with E-state index in [2.05, 4.69) is 53.2 Å². The number of carbonyl (C=O) groups is 14. The van der Waals surface area contributed by atoms with Crippen LogP contribution in [0.25, 0.3) is 0 Å². The lowest BCUT2D eigenvalue weighted by Gasteiger charge is -2.30. The summed E-state index contributed by atoms with van der Waals surface area (Å²) in [6.45, 7) is 10.9. The van der Waals surface area contributed by atoms with Gasteiger partial charge >= 0.3 is 11.9 Å². The SMILES string of the molecule is CC(=O)O.CCC(C)C(NC(=O)C(C)NC(=O)C(N)CCC(=O)O)C(=O)NC(Cc1ccc(O)cc1)C(=O)NC(C)C(=O)NC(C)C(=O)N1CCCC1C(=O)NC(Cc1ccccc1)C(=O)NC(C)C(=O)NC(CCCCN)C(=O)NC(CCCCN)C(=O)NC(CCCCN)C(=O)O. The number of likely N-dealkylation sites (tertiary alicyclic amines) is 1. The van der Waals surface area contributed by atoms with E-state index in [0.29, 0.717) is 75.6 Å². The molecule has 3 rings (SSSR count). The number of unbranched alkanes of at least 4 members (excludes halogenated alkanes) is 3. The van der Waals surface area contributed by atoms with Crippen LogP contribution in [0.2, 0.25) is 0 Å². The van der Waals surface area contributed by atoms with Crippen molar-refractivity contribution in [3.8, 4) is 5.75 Å². The maximum absolute atomic E-state index is 14.3. The average Bonchev–Trinajstić information content (AvgIpc) is 1.80. The largest absolute Gasteiger partial charge is 0.508 e. The predicted molar refractivity (Wildman–Crippen MR) is 363 cm³/mol. The van der Waals surface area contributed by atoms with Gasteiger partial charge in [-0.05, 0) is 154 Å². The molecule has 13 atom stereocenters. The second-order valence-electron chi connectivity index (χ2n) is 24.6. The minimum Gasteiger partial charge on any atom is -0.508 e. The third-order valence-electron chi connectivity index (χ3n) is 16.3. The number of nitrogens with two attached hydrogens (primary N) is 4.